The maximum absolute atomic E-state index is 12.9. The number of nitrogens with one attached hydrogen (secondary N) is 1. The van der Waals surface area contributed by atoms with Crippen LogP contribution >= 0.6 is 0 Å². The Kier molecular flexibility index (Phi) is 3.81. The first-order valence-corrected chi connectivity index (χ1v) is 6.24. The topological polar surface area (TPSA) is 35.8 Å². The second-order valence-electron chi connectivity index (χ2n) is 4.97. The number of nitriles is 1. The van der Waals surface area contributed by atoms with Gasteiger partial charge in [-0.15, -0.1) is 0 Å². The van der Waals surface area contributed by atoms with Gasteiger partial charge in [0.05, 0.1) is 17.0 Å². The molecular formula is C14H15F3N2. The van der Waals surface area contributed by atoms with E-state index in [1.807, 2.05) is 0 Å². The zero-order valence-corrected chi connectivity index (χ0v) is 10.4. The number of alkyl halides is 3. The van der Waals surface area contributed by atoms with E-state index in [4.69, 9.17) is 0 Å². The van der Waals surface area contributed by atoms with Crippen LogP contribution in [0.15, 0.2) is 24.3 Å². The Hall–Kier alpha value is -1.54. The predicted molar refractivity (Wildman–Crippen MR) is 65.3 cm³/mol. The van der Waals surface area contributed by atoms with Crippen LogP contribution in [0.5, 0.6) is 0 Å². The van der Waals surface area contributed by atoms with Crippen molar-refractivity contribution in [2.45, 2.75) is 25.4 Å². The van der Waals surface area contributed by atoms with Gasteiger partial charge in [0.1, 0.15) is 0 Å². The molecule has 0 unspecified atom stereocenters. The lowest BCUT2D eigenvalue weighted by molar-refractivity contribution is -0.138. The van der Waals surface area contributed by atoms with Crippen molar-refractivity contribution in [3.8, 4) is 6.07 Å². The van der Waals surface area contributed by atoms with Crippen LogP contribution in [0.25, 0.3) is 0 Å². The molecule has 1 aromatic carbocycles. The van der Waals surface area contributed by atoms with Crippen molar-refractivity contribution >= 4 is 0 Å². The summed E-state index contributed by atoms with van der Waals surface area (Å²) in [4.78, 5) is 0. The second-order valence-corrected chi connectivity index (χ2v) is 4.97. The van der Waals surface area contributed by atoms with Crippen molar-refractivity contribution in [2.24, 2.45) is 5.41 Å². The molecule has 0 saturated carbocycles. The molecule has 2 nitrogen and oxygen atoms in total. The number of hydrogen-bond donors (Lipinski definition) is 1. The zero-order valence-electron chi connectivity index (χ0n) is 10.4. The summed E-state index contributed by atoms with van der Waals surface area (Å²) >= 11 is 0. The maximum Gasteiger partial charge on any atom is 0.416 e. The van der Waals surface area contributed by atoms with E-state index in [1.165, 1.54) is 12.1 Å². The van der Waals surface area contributed by atoms with Crippen LogP contribution in [-0.4, -0.2) is 13.1 Å². The fourth-order valence-corrected chi connectivity index (χ4v) is 2.55. The van der Waals surface area contributed by atoms with Crippen LogP contribution in [0.1, 0.15) is 24.0 Å². The average Bonchev–Trinajstić information content (AvgIpc) is 2.39. The molecule has 2 rings (SSSR count). The van der Waals surface area contributed by atoms with Crippen LogP contribution < -0.4 is 5.32 Å². The fourth-order valence-electron chi connectivity index (χ4n) is 2.55. The lowest BCUT2D eigenvalue weighted by Crippen LogP contribution is -2.37. The molecule has 19 heavy (non-hydrogen) atoms. The molecule has 1 aliphatic heterocycles. The number of rotatable bonds is 2. The molecule has 1 heterocycles. The highest BCUT2D eigenvalue weighted by atomic mass is 19.4. The van der Waals surface area contributed by atoms with Gasteiger partial charge in [-0.25, -0.2) is 0 Å². The summed E-state index contributed by atoms with van der Waals surface area (Å²) in [7, 11) is 0. The molecule has 5 heteroatoms. The number of piperidine rings is 1. The Balaban J connectivity index is 2.30. The summed E-state index contributed by atoms with van der Waals surface area (Å²) in [5.74, 6) is 0. The van der Waals surface area contributed by atoms with Gasteiger partial charge in [0.15, 0.2) is 0 Å². The minimum Gasteiger partial charge on any atom is -0.317 e. The molecule has 0 aromatic heterocycles. The van der Waals surface area contributed by atoms with Crippen LogP contribution in [0.3, 0.4) is 0 Å². The van der Waals surface area contributed by atoms with Crippen molar-refractivity contribution in [3.63, 3.8) is 0 Å². The summed E-state index contributed by atoms with van der Waals surface area (Å²) in [6.07, 6.45) is -3.01. The molecule has 1 N–H and O–H groups in total. The van der Waals surface area contributed by atoms with Gasteiger partial charge < -0.3 is 5.32 Å². The van der Waals surface area contributed by atoms with Crippen LogP contribution in [0, 0.1) is 16.7 Å². The Morgan fingerprint density at radius 3 is 2.42 bits per heavy atom. The highest BCUT2D eigenvalue weighted by Crippen LogP contribution is 2.37. The van der Waals surface area contributed by atoms with Gasteiger partial charge in [0.25, 0.3) is 0 Å². The molecule has 102 valence electrons. The van der Waals surface area contributed by atoms with E-state index < -0.39 is 17.2 Å². The smallest absolute Gasteiger partial charge is 0.317 e. The van der Waals surface area contributed by atoms with Crippen LogP contribution in [0.2, 0.25) is 0 Å². The van der Waals surface area contributed by atoms with Crippen LogP contribution in [-0.2, 0) is 12.6 Å². The third-order valence-corrected chi connectivity index (χ3v) is 3.65. The van der Waals surface area contributed by atoms with Gasteiger partial charge in [0, 0.05) is 0 Å². The minimum absolute atomic E-state index is 0.168. The van der Waals surface area contributed by atoms with E-state index in [0.29, 0.717) is 25.9 Å². The highest BCUT2D eigenvalue weighted by molar-refractivity contribution is 5.32. The van der Waals surface area contributed by atoms with Gasteiger partial charge in [-0.2, -0.15) is 18.4 Å². The normalized spacial score (nSPS) is 18.8. The summed E-state index contributed by atoms with van der Waals surface area (Å²) < 4.78 is 38.8. The number of benzene rings is 1. The van der Waals surface area contributed by atoms with Gasteiger partial charge >= 0.3 is 6.18 Å². The van der Waals surface area contributed by atoms with E-state index in [1.54, 1.807) is 6.07 Å². The molecule has 0 aliphatic carbocycles. The van der Waals surface area contributed by atoms with E-state index in [2.05, 4.69) is 11.4 Å². The molecule has 0 atom stereocenters. The summed E-state index contributed by atoms with van der Waals surface area (Å²) in [6.45, 7) is 1.36. The molecule has 1 aromatic rings. The Morgan fingerprint density at radius 1 is 1.21 bits per heavy atom. The summed E-state index contributed by atoms with van der Waals surface area (Å²) in [6, 6.07) is 7.77. The van der Waals surface area contributed by atoms with Crippen molar-refractivity contribution in [3.05, 3.63) is 35.4 Å². The molecule has 1 saturated heterocycles. The SMILES string of the molecule is N#CC1(Cc2ccccc2C(F)(F)F)CCNCC1. The summed E-state index contributed by atoms with van der Waals surface area (Å²) in [5, 5.41) is 12.5. The van der Waals surface area contributed by atoms with Crippen molar-refractivity contribution < 1.29 is 13.2 Å². The van der Waals surface area contributed by atoms with E-state index in [0.717, 1.165) is 6.07 Å². The van der Waals surface area contributed by atoms with Crippen molar-refractivity contribution in [2.75, 3.05) is 13.1 Å². The minimum atomic E-state index is -4.36. The quantitative estimate of drug-likeness (QED) is 0.894. The van der Waals surface area contributed by atoms with E-state index in [-0.39, 0.29) is 12.0 Å². The third-order valence-electron chi connectivity index (χ3n) is 3.65. The van der Waals surface area contributed by atoms with E-state index >= 15 is 0 Å². The Labute approximate surface area is 110 Å². The third kappa shape index (κ3) is 3.07. The predicted octanol–water partition coefficient (Wildman–Crippen LogP) is 3.14. The second kappa shape index (κ2) is 5.22. The number of nitrogens with zero attached hydrogens (tertiary/aromatic N) is 1. The Morgan fingerprint density at radius 2 is 1.84 bits per heavy atom. The van der Waals surface area contributed by atoms with E-state index in [9.17, 15) is 18.4 Å². The first-order chi connectivity index (χ1) is 8.97. The van der Waals surface area contributed by atoms with Gasteiger partial charge in [0.2, 0.25) is 0 Å². The molecule has 1 aliphatic rings. The van der Waals surface area contributed by atoms with Gasteiger partial charge in [-0.05, 0) is 44.0 Å². The van der Waals surface area contributed by atoms with Gasteiger partial charge in [-0.1, -0.05) is 18.2 Å². The lowest BCUT2D eigenvalue weighted by Gasteiger charge is -2.32. The summed E-state index contributed by atoms with van der Waals surface area (Å²) in [5.41, 5.74) is -1.08. The molecule has 0 radical (unpaired) electrons. The standard InChI is InChI=1S/C14H15F3N2/c15-14(16,17)12-4-2-1-3-11(12)9-13(10-18)5-7-19-8-6-13/h1-4,19H,5-9H2. The maximum atomic E-state index is 12.9. The monoisotopic (exact) mass is 268 g/mol. The molecular weight excluding hydrogens is 253 g/mol. The first-order valence-electron chi connectivity index (χ1n) is 6.24. The average molecular weight is 268 g/mol. The lowest BCUT2D eigenvalue weighted by atomic mass is 9.75. The highest BCUT2D eigenvalue weighted by Gasteiger charge is 2.37. The molecule has 0 amide bonds. The number of halogens is 3. The van der Waals surface area contributed by atoms with Gasteiger partial charge in [-0.3, -0.25) is 0 Å². The zero-order chi connectivity index (χ0) is 13.9. The first kappa shape index (κ1) is 13.9. The molecule has 0 bridgehead atoms. The number of hydrogen-bond acceptors (Lipinski definition) is 2. The van der Waals surface area contributed by atoms with Crippen molar-refractivity contribution in [1.29, 1.82) is 5.26 Å². The van der Waals surface area contributed by atoms with Crippen molar-refractivity contribution in [1.82, 2.24) is 5.32 Å². The fraction of sp³-hybridized carbons (Fsp3) is 0.500. The Bertz CT molecular complexity index is 482. The van der Waals surface area contributed by atoms with Crippen LogP contribution in [0.4, 0.5) is 13.2 Å². The largest absolute Gasteiger partial charge is 0.416 e. The molecule has 1 fully saturated rings. The molecule has 0 spiro atoms.